The quantitative estimate of drug-likeness (QED) is 0.137. The van der Waals surface area contributed by atoms with Crippen LogP contribution >= 0.6 is 0 Å². The number of benzene rings is 16. The van der Waals surface area contributed by atoms with Crippen molar-refractivity contribution < 1.29 is 0 Å². The number of rotatable bonds is 10. The van der Waals surface area contributed by atoms with Crippen molar-refractivity contribution in [1.29, 1.82) is 0 Å². The molecule has 6 heterocycles. The van der Waals surface area contributed by atoms with Gasteiger partial charge < -0.3 is 18.3 Å². The largest absolute Gasteiger partial charge is 0.309 e. The monoisotopic (exact) mass is 1380 g/mol. The highest BCUT2D eigenvalue weighted by Gasteiger charge is 2.25. The van der Waals surface area contributed by atoms with Crippen molar-refractivity contribution in [3.05, 3.63) is 388 Å². The van der Waals surface area contributed by atoms with Crippen LogP contribution in [0, 0.1) is 0 Å². The molecule has 504 valence electrons. The Hall–Kier alpha value is -14.6. The van der Waals surface area contributed by atoms with E-state index in [4.69, 9.17) is 19.9 Å². The molecule has 0 spiro atoms. The first-order chi connectivity index (χ1) is 53.6. The standard InChI is InChI=1S/C56H36N4.C44H28N4/c1-4-15-37(16-5-1)39-27-29-40(30-28-39)56-57-49-33-31-44(36-48(49)54(58-56)42-20-14-19-41(35-42)38-17-6-2-7-18-38)59-51-26-13-11-24-47(51)53-52(59)34-32-46-45-23-10-12-25-50(45)60(55(46)53)43-21-8-3-9-22-43;1-4-14-29(15-5-1)42-36-28-32(24-26-37(36)45-44(46-42)30-16-6-2-7-17-30)47-39-23-13-11-21-35(39)41-40(47)27-25-34-33-20-10-12-22-38(33)48(43(34)41)31-18-8-3-9-19-31/h1-36H;1-28H. The Morgan fingerprint density at radius 2 is 0.500 bits per heavy atom. The third-order valence-corrected chi connectivity index (χ3v) is 21.4. The van der Waals surface area contributed by atoms with Crippen molar-refractivity contribution in [1.82, 2.24) is 38.2 Å². The fraction of sp³-hybridized carbons (Fsp3) is 0. The lowest BCUT2D eigenvalue weighted by Gasteiger charge is -2.14. The van der Waals surface area contributed by atoms with Crippen molar-refractivity contribution in [3.8, 4) is 90.3 Å². The molecule has 0 bridgehead atoms. The molecule has 22 rings (SSSR count). The maximum atomic E-state index is 5.41. The molecule has 0 atom stereocenters. The molecule has 0 amide bonds. The average molecular weight is 1380 g/mol. The minimum absolute atomic E-state index is 0.697. The Bertz CT molecular complexity index is 7250. The minimum Gasteiger partial charge on any atom is -0.309 e. The molecule has 0 saturated carbocycles. The number of hydrogen-bond donors (Lipinski definition) is 0. The van der Waals surface area contributed by atoms with Gasteiger partial charge in [-0.15, -0.1) is 0 Å². The second-order valence-electron chi connectivity index (χ2n) is 27.6. The van der Waals surface area contributed by atoms with Crippen LogP contribution in [0.5, 0.6) is 0 Å². The van der Waals surface area contributed by atoms with Crippen LogP contribution < -0.4 is 0 Å². The zero-order chi connectivity index (χ0) is 71.2. The lowest BCUT2D eigenvalue weighted by Crippen LogP contribution is -1.99. The van der Waals surface area contributed by atoms with E-state index in [1.54, 1.807) is 0 Å². The molecule has 8 nitrogen and oxygen atoms in total. The lowest BCUT2D eigenvalue weighted by molar-refractivity contribution is 1.17. The van der Waals surface area contributed by atoms with E-state index in [0.29, 0.717) is 5.82 Å². The van der Waals surface area contributed by atoms with Gasteiger partial charge in [0.2, 0.25) is 0 Å². The smallest absolute Gasteiger partial charge is 0.160 e. The molecule has 0 radical (unpaired) electrons. The molecule has 6 aromatic heterocycles. The Balaban J connectivity index is 0.000000141. The first-order valence-electron chi connectivity index (χ1n) is 36.7. The lowest BCUT2D eigenvalue weighted by atomic mass is 9.99. The Morgan fingerprint density at radius 1 is 0.167 bits per heavy atom. The zero-order valence-electron chi connectivity index (χ0n) is 58.5. The SMILES string of the molecule is c1ccc(-c2ccc(-c3nc(-c4cccc(-c5ccccc5)c4)c4cc(-n5c6ccccc6c6c5ccc5c7ccccc7n(-c7ccccc7)c56)ccc4n3)cc2)cc1.c1ccc(-c2nc(-c3ccccc3)c3cc(-n4c5ccccc5c5c4ccc4c6ccccc6n(-c6ccccc6)c45)ccc3n2)cc1. The normalized spacial score (nSPS) is 11.7. The van der Waals surface area contributed by atoms with Crippen LogP contribution in [0.1, 0.15) is 0 Å². The van der Waals surface area contributed by atoms with Gasteiger partial charge in [0.05, 0.1) is 66.6 Å². The number of para-hydroxylation sites is 6. The molecular weight excluding hydrogens is 1310 g/mol. The van der Waals surface area contributed by atoms with Gasteiger partial charge in [0, 0.05) is 98.9 Å². The summed E-state index contributed by atoms with van der Waals surface area (Å²) in [5.74, 6) is 1.42. The summed E-state index contributed by atoms with van der Waals surface area (Å²) >= 11 is 0. The van der Waals surface area contributed by atoms with Gasteiger partial charge in [-0.1, -0.05) is 285 Å². The van der Waals surface area contributed by atoms with E-state index in [-0.39, 0.29) is 0 Å². The van der Waals surface area contributed by atoms with Crippen molar-refractivity contribution in [2.45, 2.75) is 0 Å². The molecule has 0 fully saturated rings. The van der Waals surface area contributed by atoms with Crippen LogP contribution in [0.3, 0.4) is 0 Å². The van der Waals surface area contributed by atoms with Gasteiger partial charge in [-0.25, -0.2) is 19.9 Å². The maximum Gasteiger partial charge on any atom is 0.160 e. The Kier molecular flexibility index (Phi) is 14.7. The van der Waals surface area contributed by atoms with Crippen LogP contribution in [-0.2, 0) is 0 Å². The third kappa shape index (κ3) is 10.3. The van der Waals surface area contributed by atoms with E-state index in [1.165, 1.54) is 76.3 Å². The number of nitrogens with zero attached hydrogens (tertiary/aromatic N) is 8. The fourth-order valence-corrected chi connectivity index (χ4v) is 16.6. The molecule has 0 saturated heterocycles. The van der Waals surface area contributed by atoms with E-state index >= 15 is 0 Å². The molecular formula is C100H64N8. The highest BCUT2D eigenvalue weighted by atomic mass is 15.0. The third-order valence-electron chi connectivity index (χ3n) is 21.4. The van der Waals surface area contributed by atoms with Gasteiger partial charge >= 0.3 is 0 Å². The predicted molar refractivity (Wildman–Crippen MR) is 449 cm³/mol. The van der Waals surface area contributed by atoms with Crippen LogP contribution in [0.4, 0.5) is 0 Å². The summed E-state index contributed by atoms with van der Waals surface area (Å²) in [5.41, 5.74) is 26.2. The summed E-state index contributed by atoms with van der Waals surface area (Å²) in [6.07, 6.45) is 0. The van der Waals surface area contributed by atoms with Crippen LogP contribution in [-0.4, -0.2) is 38.2 Å². The summed E-state index contributed by atoms with van der Waals surface area (Å²) in [4.78, 5) is 20.9. The van der Waals surface area contributed by atoms with Crippen LogP contribution in [0.2, 0.25) is 0 Å². The zero-order valence-corrected chi connectivity index (χ0v) is 58.5. The van der Waals surface area contributed by atoms with Crippen molar-refractivity contribution in [2.75, 3.05) is 0 Å². The Morgan fingerprint density at radius 3 is 0.963 bits per heavy atom. The van der Waals surface area contributed by atoms with E-state index in [2.05, 4.69) is 376 Å². The molecule has 0 aliphatic carbocycles. The highest BCUT2D eigenvalue weighted by Crippen LogP contribution is 2.46. The second kappa shape index (κ2) is 25.7. The second-order valence-corrected chi connectivity index (χ2v) is 27.6. The summed E-state index contributed by atoms with van der Waals surface area (Å²) in [6, 6.07) is 138. The molecule has 0 unspecified atom stereocenters. The summed E-state index contributed by atoms with van der Waals surface area (Å²) in [5, 5.41) is 11.9. The molecule has 22 aromatic rings. The number of fused-ring (bicyclic) bond motifs is 16. The molecule has 0 N–H and O–H groups in total. The van der Waals surface area contributed by atoms with Gasteiger partial charge in [-0.05, 0) is 125 Å². The molecule has 108 heavy (non-hydrogen) atoms. The molecule has 0 aliphatic heterocycles. The first kappa shape index (κ1) is 62.0. The molecule has 0 aliphatic rings. The van der Waals surface area contributed by atoms with E-state index in [0.717, 1.165) is 117 Å². The van der Waals surface area contributed by atoms with Gasteiger partial charge in [0.1, 0.15) is 0 Å². The number of aromatic nitrogens is 8. The maximum absolute atomic E-state index is 5.41. The van der Waals surface area contributed by atoms with Crippen molar-refractivity contribution in [3.63, 3.8) is 0 Å². The minimum atomic E-state index is 0.697. The summed E-state index contributed by atoms with van der Waals surface area (Å²) < 4.78 is 9.67. The van der Waals surface area contributed by atoms with E-state index in [9.17, 15) is 0 Å². The van der Waals surface area contributed by atoms with Crippen LogP contribution in [0.15, 0.2) is 388 Å². The summed E-state index contributed by atoms with van der Waals surface area (Å²) in [7, 11) is 0. The van der Waals surface area contributed by atoms with Gasteiger partial charge in [-0.3, -0.25) is 0 Å². The average Bonchev–Trinajstić information content (AvgIpc) is 1.55. The highest BCUT2D eigenvalue weighted by molar-refractivity contribution is 6.28. The van der Waals surface area contributed by atoms with Gasteiger partial charge in [-0.2, -0.15) is 0 Å². The van der Waals surface area contributed by atoms with E-state index < -0.39 is 0 Å². The molecule has 16 aromatic carbocycles. The Labute approximate surface area is 621 Å². The van der Waals surface area contributed by atoms with Gasteiger partial charge in [0.25, 0.3) is 0 Å². The van der Waals surface area contributed by atoms with Crippen LogP contribution in [0.25, 0.3) is 199 Å². The topological polar surface area (TPSA) is 71.3 Å². The number of hydrogen-bond acceptors (Lipinski definition) is 4. The van der Waals surface area contributed by atoms with Crippen molar-refractivity contribution in [2.24, 2.45) is 0 Å². The predicted octanol–water partition coefficient (Wildman–Crippen LogP) is 25.7. The first-order valence-corrected chi connectivity index (χ1v) is 36.7. The fourth-order valence-electron chi connectivity index (χ4n) is 16.6. The summed E-state index contributed by atoms with van der Waals surface area (Å²) in [6.45, 7) is 0. The molecule has 8 heteroatoms. The van der Waals surface area contributed by atoms with E-state index in [1.807, 2.05) is 30.3 Å². The van der Waals surface area contributed by atoms with Gasteiger partial charge in [0.15, 0.2) is 11.6 Å². The van der Waals surface area contributed by atoms with Crippen molar-refractivity contribution >= 4 is 109 Å².